The lowest BCUT2D eigenvalue weighted by Gasteiger charge is -2.18. The van der Waals surface area contributed by atoms with Gasteiger partial charge < -0.3 is 10.2 Å². The fraction of sp³-hybridized carbons (Fsp3) is 0.667. The lowest BCUT2D eigenvalue weighted by atomic mass is 9.92. The summed E-state index contributed by atoms with van der Waals surface area (Å²) in [7, 11) is 4.22. The minimum Gasteiger partial charge on any atom is -0.313 e. The van der Waals surface area contributed by atoms with Crippen molar-refractivity contribution in [1.29, 1.82) is 0 Å². The second-order valence-corrected chi connectivity index (χ2v) is 5.93. The summed E-state index contributed by atoms with van der Waals surface area (Å²) in [5, 5.41) is 3.33. The third kappa shape index (κ3) is 4.60. The summed E-state index contributed by atoms with van der Waals surface area (Å²) >= 11 is 0. The molecule has 114 valence electrons. The predicted octanol–water partition coefficient (Wildman–Crippen LogP) is 3.86. The molecule has 0 saturated carbocycles. The van der Waals surface area contributed by atoms with E-state index in [1.807, 2.05) is 7.05 Å². The lowest BCUT2D eigenvalue weighted by Crippen LogP contribution is -2.18. The maximum absolute atomic E-state index is 3.33. The molecule has 0 saturated heterocycles. The zero-order valence-electron chi connectivity index (χ0n) is 14.2. The SMILES string of the molecule is CCN(C)CCCCc1ccc(C(C)NC)c(C)c1C. The standard InChI is InChI=1S/C18H32N2/c1-7-20(6)13-9-8-10-17-11-12-18(16(4)19-5)15(3)14(17)2/h11-12,16,19H,7-10,13H2,1-6H3. The smallest absolute Gasteiger partial charge is 0.0291 e. The highest BCUT2D eigenvalue weighted by Gasteiger charge is 2.10. The summed E-state index contributed by atoms with van der Waals surface area (Å²) in [5.74, 6) is 0. The van der Waals surface area contributed by atoms with E-state index in [2.05, 4.69) is 57.1 Å². The Morgan fingerprint density at radius 1 is 1.15 bits per heavy atom. The van der Waals surface area contributed by atoms with Gasteiger partial charge in [0.15, 0.2) is 0 Å². The first-order valence-corrected chi connectivity index (χ1v) is 7.96. The summed E-state index contributed by atoms with van der Waals surface area (Å²) < 4.78 is 0. The van der Waals surface area contributed by atoms with E-state index in [4.69, 9.17) is 0 Å². The maximum atomic E-state index is 3.33. The second-order valence-electron chi connectivity index (χ2n) is 5.93. The summed E-state index contributed by atoms with van der Waals surface area (Å²) in [6.07, 6.45) is 3.78. The Kier molecular flexibility index (Phi) is 7.25. The summed E-state index contributed by atoms with van der Waals surface area (Å²) in [6.45, 7) is 11.3. The van der Waals surface area contributed by atoms with Crippen LogP contribution in [0.2, 0.25) is 0 Å². The van der Waals surface area contributed by atoms with Crippen LogP contribution in [-0.4, -0.2) is 32.1 Å². The van der Waals surface area contributed by atoms with Crippen LogP contribution in [0.5, 0.6) is 0 Å². The van der Waals surface area contributed by atoms with Crippen molar-refractivity contribution in [2.24, 2.45) is 0 Å². The fourth-order valence-electron chi connectivity index (χ4n) is 2.65. The van der Waals surface area contributed by atoms with E-state index in [0.29, 0.717) is 6.04 Å². The average molecular weight is 276 g/mol. The summed E-state index contributed by atoms with van der Waals surface area (Å²) in [5.41, 5.74) is 5.89. The van der Waals surface area contributed by atoms with Gasteiger partial charge >= 0.3 is 0 Å². The maximum Gasteiger partial charge on any atom is 0.0291 e. The lowest BCUT2D eigenvalue weighted by molar-refractivity contribution is 0.343. The molecule has 0 heterocycles. The van der Waals surface area contributed by atoms with E-state index in [1.54, 1.807) is 0 Å². The third-order valence-electron chi connectivity index (χ3n) is 4.62. The predicted molar refractivity (Wildman–Crippen MR) is 89.5 cm³/mol. The Bertz CT molecular complexity index is 412. The molecule has 0 aromatic heterocycles. The summed E-state index contributed by atoms with van der Waals surface area (Å²) in [6, 6.07) is 5.06. The molecule has 0 aliphatic carbocycles. The Hall–Kier alpha value is -0.860. The van der Waals surface area contributed by atoms with Crippen LogP contribution in [0, 0.1) is 13.8 Å². The number of hydrogen-bond donors (Lipinski definition) is 1. The molecule has 1 unspecified atom stereocenters. The molecule has 2 nitrogen and oxygen atoms in total. The van der Waals surface area contributed by atoms with E-state index in [9.17, 15) is 0 Å². The van der Waals surface area contributed by atoms with Crippen LogP contribution >= 0.6 is 0 Å². The van der Waals surface area contributed by atoms with Gasteiger partial charge in [0.25, 0.3) is 0 Å². The van der Waals surface area contributed by atoms with Crippen molar-refractivity contribution in [2.75, 3.05) is 27.2 Å². The van der Waals surface area contributed by atoms with Crippen LogP contribution in [0.15, 0.2) is 12.1 Å². The molecule has 0 aliphatic heterocycles. The Morgan fingerprint density at radius 2 is 1.85 bits per heavy atom. The van der Waals surface area contributed by atoms with Crippen molar-refractivity contribution < 1.29 is 0 Å². The molecule has 0 spiro atoms. The van der Waals surface area contributed by atoms with Crippen molar-refractivity contribution in [3.8, 4) is 0 Å². The molecule has 1 rings (SSSR count). The molecule has 20 heavy (non-hydrogen) atoms. The van der Waals surface area contributed by atoms with Gasteiger partial charge in [0.05, 0.1) is 0 Å². The van der Waals surface area contributed by atoms with Gasteiger partial charge in [-0.3, -0.25) is 0 Å². The van der Waals surface area contributed by atoms with Crippen molar-refractivity contribution in [2.45, 2.75) is 53.0 Å². The molecule has 0 aliphatic rings. The highest BCUT2D eigenvalue weighted by Crippen LogP contribution is 2.24. The van der Waals surface area contributed by atoms with Crippen molar-refractivity contribution in [1.82, 2.24) is 10.2 Å². The van der Waals surface area contributed by atoms with Gasteiger partial charge in [-0.05, 0) is 89.5 Å². The van der Waals surface area contributed by atoms with E-state index in [0.717, 1.165) is 6.54 Å². The molecular formula is C18H32N2. The fourth-order valence-corrected chi connectivity index (χ4v) is 2.65. The van der Waals surface area contributed by atoms with Crippen molar-refractivity contribution in [3.63, 3.8) is 0 Å². The minimum absolute atomic E-state index is 0.431. The van der Waals surface area contributed by atoms with E-state index in [-0.39, 0.29) is 0 Å². The molecule has 1 N–H and O–H groups in total. The molecule has 1 aromatic carbocycles. The van der Waals surface area contributed by atoms with Gasteiger partial charge in [-0.1, -0.05) is 19.1 Å². The number of benzene rings is 1. The first-order chi connectivity index (χ1) is 9.51. The van der Waals surface area contributed by atoms with E-state index < -0.39 is 0 Å². The highest BCUT2D eigenvalue weighted by molar-refractivity contribution is 5.40. The first-order valence-electron chi connectivity index (χ1n) is 7.96. The normalized spacial score (nSPS) is 12.9. The van der Waals surface area contributed by atoms with Gasteiger partial charge in [0.1, 0.15) is 0 Å². The van der Waals surface area contributed by atoms with Crippen LogP contribution < -0.4 is 5.32 Å². The molecule has 1 aromatic rings. The number of hydrogen-bond acceptors (Lipinski definition) is 2. The van der Waals surface area contributed by atoms with Crippen LogP contribution in [0.25, 0.3) is 0 Å². The van der Waals surface area contributed by atoms with Crippen LogP contribution in [0.3, 0.4) is 0 Å². The largest absolute Gasteiger partial charge is 0.313 e. The number of nitrogens with one attached hydrogen (secondary N) is 1. The third-order valence-corrected chi connectivity index (χ3v) is 4.62. The molecule has 0 radical (unpaired) electrons. The van der Waals surface area contributed by atoms with Crippen LogP contribution in [0.1, 0.15) is 55.0 Å². The number of aryl methyl sites for hydroxylation is 1. The Morgan fingerprint density at radius 3 is 2.45 bits per heavy atom. The Labute approximate surface area is 125 Å². The number of rotatable bonds is 8. The first kappa shape index (κ1) is 17.2. The molecule has 2 heteroatoms. The second kappa shape index (κ2) is 8.43. The average Bonchev–Trinajstić information content (AvgIpc) is 2.46. The zero-order chi connectivity index (χ0) is 15.1. The van der Waals surface area contributed by atoms with Gasteiger partial charge in [-0.2, -0.15) is 0 Å². The van der Waals surface area contributed by atoms with Gasteiger partial charge in [0, 0.05) is 6.04 Å². The zero-order valence-corrected chi connectivity index (χ0v) is 14.2. The molecule has 0 amide bonds. The molecular weight excluding hydrogens is 244 g/mol. The number of unbranched alkanes of at least 4 members (excludes halogenated alkanes) is 1. The summed E-state index contributed by atoms with van der Waals surface area (Å²) in [4.78, 5) is 2.38. The van der Waals surface area contributed by atoms with Gasteiger partial charge in [0.2, 0.25) is 0 Å². The highest BCUT2D eigenvalue weighted by atomic mass is 15.1. The van der Waals surface area contributed by atoms with Gasteiger partial charge in [-0.25, -0.2) is 0 Å². The monoisotopic (exact) mass is 276 g/mol. The van der Waals surface area contributed by atoms with E-state index in [1.165, 1.54) is 48.1 Å². The van der Waals surface area contributed by atoms with E-state index >= 15 is 0 Å². The van der Waals surface area contributed by atoms with Crippen LogP contribution in [0.4, 0.5) is 0 Å². The van der Waals surface area contributed by atoms with Crippen LogP contribution in [-0.2, 0) is 6.42 Å². The Balaban J connectivity index is 2.62. The topological polar surface area (TPSA) is 15.3 Å². The van der Waals surface area contributed by atoms with Crippen molar-refractivity contribution >= 4 is 0 Å². The quantitative estimate of drug-likeness (QED) is 0.725. The minimum atomic E-state index is 0.431. The molecule has 1 atom stereocenters. The molecule has 0 fully saturated rings. The van der Waals surface area contributed by atoms with Gasteiger partial charge in [-0.15, -0.1) is 0 Å². The number of nitrogens with zero attached hydrogens (tertiary/aromatic N) is 1. The van der Waals surface area contributed by atoms with Crippen molar-refractivity contribution in [3.05, 3.63) is 34.4 Å². The molecule has 0 bridgehead atoms.